The second-order valence-corrected chi connectivity index (χ2v) is 14.2. The van der Waals surface area contributed by atoms with E-state index in [1.165, 1.54) is 45.3 Å². The summed E-state index contributed by atoms with van der Waals surface area (Å²) >= 11 is 0. The Labute approximate surface area is 256 Å². The lowest BCUT2D eigenvalue weighted by atomic mass is 9.81. The van der Waals surface area contributed by atoms with Gasteiger partial charge in [0.25, 0.3) is 0 Å². The molecule has 0 saturated carbocycles. The highest BCUT2D eigenvalue weighted by Crippen LogP contribution is 2.41. The summed E-state index contributed by atoms with van der Waals surface area (Å²) in [4.78, 5) is 21.4. The van der Waals surface area contributed by atoms with E-state index in [0.717, 1.165) is 11.2 Å². The Morgan fingerprint density at radius 3 is 2.07 bits per heavy atom. The van der Waals surface area contributed by atoms with Gasteiger partial charge in [0.2, 0.25) is 5.91 Å². The lowest BCUT2D eigenvalue weighted by Gasteiger charge is -2.32. The number of benzene rings is 2. The molecule has 0 radical (unpaired) electrons. The normalized spacial score (nSPS) is 16.3. The van der Waals surface area contributed by atoms with Gasteiger partial charge in [0.05, 0.1) is 34.2 Å². The first-order valence-corrected chi connectivity index (χ1v) is 15.9. The minimum absolute atomic E-state index is 0.00340. The number of rotatable bonds is 7. The van der Waals surface area contributed by atoms with Crippen molar-refractivity contribution in [3.05, 3.63) is 76.7 Å². The summed E-state index contributed by atoms with van der Waals surface area (Å²) in [7, 11) is -1.88. The van der Waals surface area contributed by atoms with Gasteiger partial charge in [0.1, 0.15) is 21.5 Å². The van der Waals surface area contributed by atoms with Crippen LogP contribution in [0.4, 0.5) is 42.2 Å². The van der Waals surface area contributed by atoms with Crippen LogP contribution in [0.1, 0.15) is 42.5 Å². The van der Waals surface area contributed by atoms with Crippen molar-refractivity contribution in [2.24, 2.45) is 5.92 Å². The van der Waals surface area contributed by atoms with Gasteiger partial charge in [-0.3, -0.25) is 4.79 Å². The Kier molecular flexibility index (Phi) is 9.06. The zero-order valence-electron chi connectivity index (χ0n) is 25.1. The molecule has 0 aliphatic carbocycles. The zero-order valence-corrected chi connectivity index (χ0v) is 26.0. The van der Waals surface area contributed by atoms with Gasteiger partial charge in [-0.25, -0.2) is 17.8 Å². The number of aromatic nitrogens is 1. The number of carbonyl (C=O) groups is 1. The highest BCUT2D eigenvalue weighted by atomic mass is 32.2. The number of nitrogens with zero attached hydrogens (tertiary/aromatic N) is 3. The molecule has 14 heteroatoms. The minimum atomic E-state index is -5.09. The molecule has 0 spiro atoms. The number of alkyl halides is 6. The third-order valence-electron chi connectivity index (χ3n) is 8.01. The smallest absolute Gasteiger partial charge is 0.356 e. The van der Waals surface area contributed by atoms with Crippen LogP contribution in [0, 0.1) is 18.7 Å². The Balaban J connectivity index is 1.79. The molecular formula is C31H32F7N3O3S. The van der Waals surface area contributed by atoms with Crippen molar-refractivity contribution in [3.63, 3.8) is 0 Å². The van der Waals surface area contributed by atoms with E-state index in [-0.39, 0.29) is 23.4 Å². The maximum Gasteiger partial charge on any atom is 0.416 e. The summed E-state index contributed by atoms with van der Waals surface area (Å²) in [6.45, 7) is 5.03. The Morgan fingerprint density at radius 2 is 1.53 bits per heavy atom. The number of pyridine rings is 1. The summed E-state index contributed by atoms with van der Waals surface area (Å²) in [6, 6.07) is 6.73. The largest absolute Gasteiger partial charge is 0.416 e. The van der Waals surface area contributed by atoms with Gasteiger partial charge in [0, 0.05) is 32.0 Å². The van der Waals surface area contributed by atoms with Crippen molar-refractivity contribution in [2.45, 2.75) is 45.0 Å². The number of amides is 1. The first kappa shape index (κ1) is 34.2. The molecule has 1 saturated heterocycles. The highest BCUT2D eigenvalue weighted by Gasteiger charge is 2.41. The van der Waals surface area contributed by atoms with Crippen LogP contribution in [0.5, 0.6) is 0 Å². The van der Waals surface area contributed by atoms with E-state index < -0.39 is 56.0 Å². The van der Waals surface area contributed by atoms with Crippen molar-refractivity contribution in [1.29, 1.82) is 0 Å². The number of hydrogen-bond acceptors (Lipinski definition) is 5. The van der Waals surface area contributed by atoms with Gasteiger partial charge in [-0.1, -0.05) is 6.07 Å². The zero-order chi connectivity index (χ0) is 33.7. The lowest BCUT2D eigenvalue weighted by Crippen LogP contribution is -2.42. The van der Waals surface area contributed by atoms with Crippen LogP contribution in [-0.2, 0) is 32.4 Å². The average molecular weight is 660 g/mol. The Hall–Kier alpha value is -3.68. The number of likely N-dealkylation sites (N-methyl/N-ethyl adjacent to an activating group) is 1. The Bertz CT molecular complexity index is 1690. The van der Waals surface area contributed by atoms with E-state index in [1.807, 2.05) is 4.90 Å². The van der Waals surface area contributed by atoms with Crippen molar-refractivity contribution >= 4 is 27.2 Å². The fourth-order valence-electron chi connectivity index (χ4n) is 5.60. The van der Waals surface area contributed by atoms with Crippen molar-refractivity contribution in [1.82, 2.24) is 4.98 Å². The summed E-state index contributed by atoms with van der Waals surface area (Å²) in [5.74, 6) is -0.993. The molecule has 1 aliphatic rings. The monoisotopic (exact) mass is 659 g/mol. The minimum Gasteiger partial charge on any atom is -0.356 e. The molecule has 1 fully saturated rings. The third-order valence-corrected chi connectivity index (χ3v) is 9.08. The van der Waals surface area contributed by atoms with Gasteiger partial charge in [-0.05, 0) is 86.2 Å². The maximum absolute atomic E-state index is 14.0. The number of carbonyl (C=O) groups excluding carboxylic acids is 1. The molecule has 1 aromatic heterocycles. The summed E-state index contributed by atoms with van der Waals surface area (Å²) in [6.07, 6.45) is -7.06. The van der Waals surface area contributed by atoms with Gasteiger partial charge < -0.3 is 9.80 Å². The van der Waals surface area contributed by atoms with Gasteiger partial charge in [-0.2, -0.15) is 26.3 Å². The standard InChI is InChI=1S/C31H32F7N3O3S/c1-18-10-23(32)6-7-24(18)25-14-27(41-9-8-19(16-41)17-45(5,43)44)39-15-26(25)40(4)28(42)29(2,3)20-11-21(30(33,34)35)13-22(12-20)31(36,37)38/h6-7,10-15,19H,8-9,16-17H2,1-5H3. The second kappa shape index (κ2) is 11.9. The van der Waals surface area contributed by atoms with Gasteiger partial charge in [-0.15, -0.1) is 0 Å². The molecule has 4 rings (SSSR count). The van der Waals surface area contributed by atoms with E-state index >= 15 is 0 Å². The first-order valence-electron chi connectivity index (χ1n) is 13.9. The topological polar surface area (TPSA) is 70.6 Å². The number of sulfone groups is 1. The molecular weight excluding hydrogens is 627 g/mol. The van der Waals surface area contributed by atoms with E-state index in [0.29, 0.717) is 54.2 Å². The summed E-state index contributed by atoms with van der Waals surface area (Å²) < 4.78 is 119. The average Bonchev–Trinajstić information content (AvgIpc) is 3.37. The number of halogens is 7. The molecule has 1 amide bonds. The predicted octanol–water partition coefficient (Wildman–Crippen LogP) is 7.05. The fraction of sp³-hybridized carbons (Fsp3) is 0.419. The molecule has 2 aromatic carbocycles. The molecule has 45 heavy (non-hydrogen) atoms. The van der Waals surface area contributed by atoms with Crippen molar-refractivity contribution in [3.8, 4) is 11.1 Å². The fourth-order valence-corrected chi connectivity index (χ4v) is 6.72. The SMILES string of the molecule is Cc1cc(F)ccc1-c1cc(N2CCC(CS(C)(=O)=O)C2)ncc1N(C)C(=O)C(C)(C)c1cc(C(F)(F)F)cc(C(F)(F)F)c1. The molecule has 0 bridgehead atoms. The van der Waals surface area contributed by atoms with Crippen LogP contribution in [0.25, 0.3) is 11.1 Å². The van der Waals surface area contributed by atoms with Crippen LogP contribution < -0.4 is 9.80 Å². The van der Waals surface area contributed by atoms with E-state index in [2.05, 4.69) is 4.98 Å². The molecule has 244 valence electrons. The molecule has 1 unspecified atom stereocenters. The summed E-state index contributed by atoms with van der Waals surface area (Å²) in [5.41, 5.74) is -3.82. The molecule has 3 aromatic rings. The second-order valence-electron chi connectivity index (χ2n) is 12.0. The number of aryl methyl sites for hydroxylation is 1. The number of hydrogen-bond donors (Lipinski definition) is 0. The maximum atomic E-state index is 14.0. The summed E-state index contributed by atoms with van der Waals surface area (Å²) in [5, 5.41) is 0. The quantitative estimate of drug-likeness (QED) is 0.255. The van der Waals surface area contributed by atoms with E-state index in [1.54, 1.807) is 13.0 Å². The van der Waals surface area contributed by atoms with Gasteiger partial charge >= 0.3 is 12.4 Å². The van der Waals surface area contributed by atoms with Crippen molar-refractivity contribution < 1.29 is 43.9 Å². The van der Waals surface area contributed by atoms with Crippen molar-refractivity contribution in [2.75, 3.05) is 41.9 Å². The third kappa shape index (κ3) is 7.59. The Morgan fingerprint density at radius 1 is 0.956 bits per heavy atom. The van der Waals surface area contributed by atoms with Crippen LogP contribution in [0.3, 0.4) is 0 Å². The highest BCUT2D eigenvalue weighted by molar-refractivity contribution is 7.90. The van der Waals surface area contributed by atoms with E-state index in [4.69, 9.17) is 0 Å². The van der Waals surface area contributed by atoms with Crippen LogP contribution in [-0.4, -0.2) is 51.5 Å². The van der Waals surface area contributed by atoms with Crippen LogP contribution in [0.15, 0.2) is 48.7 Å². The molecule has 6 nitrogen and oxygen atoms in total. The molecule has 2 heterocycles. The van der Waals surface area contributed by atoms with Gasteiger partial charge in [0.15, 0.2) is 0 Å². The molecule has 1 atom stereocenters. The number of anilines is 2. The first-order chi connectivity index (χ1) is 20.6. The van der Waals surface area contributed by atoms with E-state index in [9.17, 15) is 43.9 Å². The molecule has 0 N–H and O–H groups in total. The predicted molar refractivity (Wildman–Crippen MR) is 157 cm³/mol. The lowest BCUT2D eigenvalue weighted by molar-refractivity contribution is -0.143. The van der Waals surface area contributed by atoms with Crippen LogP contribution >= 0.6 is 0 Å². The van der Waals surface area contributed by atoms with Crippen LogP contribution in [0.2, 0.25) is 0 Å². The molecule has 1 aliphatic heterocycles.